The lowest BCUT2D eigenvalue weighted by Gasteiger charge is -2.18. The standard InChI is InChI=1S/C18H25N3O3/c1-18(2,3)13-6-4-12(5-7-13)16-20-11-14(21-16)10-15(17(22)23)24-9-8-19/h4-7,11,15H,8-10,19H2,1-3H3,(H,20,21)(H,22,23)/t15-/m0/s1. The lowest BCUT2D eigenvalue weighted by Crippen LogP contribution is -2.28. The molecule has 24 heavy (non-hydrogen) atoms. The third-order valence-corrected chi connectivity index (χ3v) is 3.77. The van der Waals surface area contributed by atoms with Crippen LogP contribution in [0.1, 0.15) is 32.0 Å². The molecule has 4 N–H and O–H groups in total. The third-order valence-electron chi connectivity index (χ3n) is 3.77. The molecule has 0 saturated carbocycles. The van der Waals surface area contributed by atoms with Crippen molar-refractivity contribution in [2.75, 3.05) is 13.2 Å². The Hall–Kier alpha value is -2.18. The minimum Gasteiger partial charge on any atom is -0.479 e. The van der Waals surface area contributed by atoms with Gasteiger partial charge >= 0.3 is 5.97 Å². The van der Waals surface area contributed by atoms with Gasteiger partial charge in [-0.2, -0.15) is 0 Å². The number of aromatic amines is 1. The maximum absolute atomic E-state index is 11.2. The van der Waals surface area contributed by atoms with Gasteiger partial charge in [0.15, 0.2) is 6.10 Å². The van der Waals surface area contributed by atoms with E-state index in [0.29, 0.717) is 11.5 Å². The highest BCUT2D eigenvalue weighted by Gasteiger charge is 2.20. The van der Waals surface area contributed by atoms with Gasteiger partial charge in [-0.1, -0.05) is 45.0 Å². The molecule has 0 saturated heterocycles. The maximum Gasteiger partial charge on any atom is 0.333 e. The number of hydrogen-bond acceptors (Lipinski definition) is 4. The molecule has 0 radical (unpaired) electrons. The number of ether oxygens (including phenoxy) is 1. The Kier molecular flexibility index (Phi) is 5.75. The van der Waals surface area contributed by atoms with E-state index in [2.05, 4.69) is 42.9 Å². The molecule has 6 heteroatoms. The number of aliphatic carboxylic acids is 1. The summed E-state index contributed by atoms with van der Waals surface area (Å²) in [7, 11) is 0. The summed E-state index contributed by atoms with van der Waals surface area (Å²) in [5, 5.41) is 9.19. The molecule has 130 valence electrons. The van der Waals surface area contributed by atoms with Crippen molar-refractivity contribution in [2.24, 2.45) is 5.73 Å². The zero-order valence-electron chi connectivity index (χ0n) is 14.4. The zero-order chi connectivity index (χ0) is 17.7. The Morgan fingerprint density at radius 1 is 1.33 bits per heavy atom. The van der Waals surface area contributed by atoms with Gasteiger partial charge in [-0.3, -0.25) is 0 Å². The fourth-order valence-electron chi connectivity index (χ4n) is 2.37. The predicted octanol–water partition coefficient (Wildman–Crippen LogP) is 2.35. The van der Waals surface area contributed by atoms with Crippen LogP contribution in [-0.2, 0) is 21.4 Å². The van der Waals surface area contributed by atoms with E-state index in [1.807, 2.05) is 12.1 Å². The minimum atomic E-state index is -1.01. The van der Waals surface area contributed by atoms with Crippen molar-refractivity contribution in [1.82, 2.24) is 9.97 Å². The van der Waals surface area contributed by atoms with E-state index in [-0.39, 0.29) is 25.0 Å². The Labute approximate surface area is 142 Å². The van der Waals surface area contributed by atoms with Crippen molar-refractivity contribution < 1.29 is 14.6 Å². The largest absolute Gasteiger partial charge is 0.479 e. The third kappa shape index (κ3) is 4.66. The van der Waals surface area contributed by atoms with Crippen LogP contribution in [0.15, 0.2) is 30.5 Å². The van der Waals surface area contributed by atoms with Crippen LogP contribution in [0.25, 0.3) is 11.4 Å². The summed E-state index contributed by atoms with van der Waals surface area (Å²) in [6, 6.07) is 8.20. The van der Waals surface area contributed by atoms with E-state index in [9.17, 15) is 9.90 Å². The second-order valence-electron chi connectivity index (χ2n) is 6.77. The SMILES string of the molecule is CC(C)(C)c1ccc(-c2ncc(C[C@H](OCCN)C(=O)O)[nH]2)cc1. The molecule has 1 heterocycles. The summed E-state index contributed by atoms with van der Waals surface area (Å²) >= 11 is 0. The predicted molar refractivity (Wildman–Crippen MR) is 92.9 cm³/mol. The first kappa shape index (κ1) is 18.2. The highest BCUT2D eigenvalue weighted by Crippen LogP contribution is 2.25. The summed E-state index contributed by atoms with van der Waals surface area (Å²) in [5.41, 5.74) is 8.38. The molecule has 0 fully saturated rings. The molecule has 1 aromatic heterocycles. The van der Waals surface area contributed by atoms with Crippen LogP contribution in [-0.4, -0.2) is 40.3 Å². The molecule has 0 aliphatic heterocycles. The number of nitrogens with one attached hydrogen (secondary N) is 1. The van der Waals surface area contributed by atoms with Crippen LogP contribution in [0.5, 0.6) is 0 Å². The van der Waals surface area contributed by atoms with Crippen LogP contribution >= 0.6 is 0 Å². The average molecular weight is 331 g/mol. The van der Waals surface area contributed by atoms with Gasteiger partial charge in [-0.15, -0.1) is 0 Å². The highest BCUT2D eigenvalue weighted by molar-refractivity contribution is 5.72. The summed E-state index contributed by atoms with van der Waals surface area (Å²) in [6.45, 7) is 7.01. The molecule has 0 bridgehead atoms. The van der Waals surface area contributed by atoms with Gasteiger partial charge < -0.3 is 20.6 Å². The number of carboxylic acid groups (broad SMARTS) is 1. The summed E-state index contributed by atoms with van der Waals surface area (Å²) in [6.07, 6.45) is 0.946. The molecule has 0 amide bonds. The molecule has 1 aromatic carbocycles. The molecule has 0 aliphatic rings. The summed E-state index contributed by atoms with van der Waals surface area (Å²) in [5.74, 6) is -0.289. The number of benzene rings is 1. The first-order valence-corrected chi connectivity index (χ1v) is 8.00. The number of aromatic nitrogens is 2. The monoisotopic (exact) mass is 331 g/mol. The second-order valence-corrected chi connectivity index (χ2v) is 6.77. The first-order valence-electron chi connectivity index (χ1n) is 8.00. The second kappa shape index (κ2) is 7.59. The molecule has 2 aromatic rings. The van der Waals surface area contributed by atoms with E-state index in [4.69, 9.17) is 10.5 Å². The quantitative estimate of drug-likeness (QED) is 0.723. The number of imidazole rings is 1. The van der Waals surface area contributed by atoms with Gasteiger partial charge in [0.1, 0.15) is 5.82 Å². The number of carbonyl (C=O) groups is 1. The van der Waals surface area contributed by atoms with E-state index in [1.165, 1.54) is 5.56 Å². The van der Waals surface area contributed by atoms with Crippen LogP contribution in [0.4, 0.5) is 0 Å². The maximum atomic E-state index is 11.2. The van der Waals surface area contributed by atoms with Crippen molar-refractivity contribution in [2.45, 2.75) is 38.7 Å². The topological polar surface area (TPSA) is 101 Å². The van der Waals surface area contributed by atoms with Crippen LogP contribution < -0.4 is 5.73 Å². The van der Waals surface area contributed by atoms with Crippen molar-refractivity contribution >= 4 is 5.97 Å². The van der Waals surface area contributed by atoms with Gasteiger partial charge in [0.2, 0.25) is 0 Å². The van der Waals surface area contributed by atoms with Crippen molar-refractivity contribution in [3.63, 3.8) is 0 Å². The van der Waals surface area contributed by atoms with Gasteiger partial charge in [0.25, 0.3) is 0 Å². The van der Waals surface area contributed by atoms with Gasteiger partial charge in [0.05, 0.1) is 6.61 Å². The normalized spacial score (nSPS) is 13.0. The molecule has 1 atom stereocenters. The van der Waals surface area contributed by atoms with Crippen molar-refractivity contribution in [1.29, 1.82) is 0 Å². The van der Waals surface area contributed by atoms with Crippen molar-refractivity contribution in [3.8, 4) is 11.4 Å². The Morgan fingerprint density at radius 2 is 2.00 bits per heavy atom. The number of nitrogens with two attached hydrogens (primary N) is 1. The average Bonchev–Trinajstić information content (AvgIpc) is 2.99. The van der Waals surface area contributed by atoms with Gasteiger partial charge in [0, 0.05) is 30.4 Å². The van der Waals surface area contributed by atoms with Crippen LogP contribution in [0.3, 0.4) is 0 Å². The number of hydrogen-bond donors (Lipinski definition) is 3. The lowest BCUT2D eigenvalue weighted by molar-refractivity contribution is -0.150. The smallest absolute Gasteiger partial charge is 0.333 e. The highest BCUT2D eigenvalue weighted by atomic mass is 16.5. The van der Waals surface area contributed by atoms with Gasteiger partial charge in [-0.05, 0) is 11.0 Å². The molecular weight excluding hydrogens is 306 g/mol. The molecule has 6 nitrogen and oxygen atoms in total. The molecule has 0 unspecified atom stereocenters. The molecule has 2 rings (SSSR count). The fourth-order valence-corrected chi connectivity index (χ4v) is 2.37. The zero-order valence-corrected chi connectivity index (χ0v) is 14.4. The lowest BCUT2D eigenvalue weighted by atomic mass is 9.87. The van der Waals surface area contributed by atoms with Crippen LogP contribution in [0.2, 0.25) is 0 Å². The Balaban J connectivity index is 2.11. The van der Waals surface area contributed by atoms with E-state index < -0.39 is 12.1 Å². The number of H-pyrrole nitrogens is 1. The molecular formula is C18H25N3O3. The Morgan fingerprint density at radius 3 is 2.54 bits per heavy atom. The van der Waals surface area contributed by atoms with E-state index in [1.54, 1.807) is 6.20 Å². The number of nitrogens with zero attached hydrogens (tertiary/aromatic N) is 1. The Bertz CT molecular complexity index is 672. The van der Waals surface area contributed by atoms with E-state index in [0.717, 1.165) is 5.56 Å². The first-order chi connectivity index (χ1) is 11.3. The number of carboxylic acids is 1. The number of rotatable bonds is 7. The van der Waals surface area contributed by atoms with Gasteiger partial charge in [-0.25, -0.2) is 9.78 Å². The fraction of sp³-hybridized carbons (Fsp3) is 0.444. The molecule has 0 spiro atoms. The molecule has 0 aliphatic carbocycles. The summed E-state index contributed by atoms with van der Waals surface area (Å²) < 4.78 is 5.25. The van der Waals surface area contributed by atoms with Crippen molar-refractivity contribution in [3.05, 3.63) is 41.7 Å². The van der Waals surface area contributed by atoms with E-state index >= 15 is 0 Å². The summed E-state index contributed by atoms with van der Waals surface area (Å²) in [4.78, 5) is 18.7. The minimum absolute atomic E-state index is 0.0991. The van der Waals surface area contributed by atoms with Crippen LogP contribution in [0, 0.1) is 0 Å².